The molecule has 1 aromatic heterocycles. The van der Waals surface area contributed by atoms with E-state index in [0.29, 0.717) is 34.2 Å². The van der Waals surface area contributed by atoms with Crippen LogP contribution < -0.4 is 14.4 Å². The highest BCUT2D eigenvalue weighted by Crippen LogP contribution is 2.45. The van der Waals surface area contributed by atoms with Crippen molar-refractivity contribution in [1.82, 2.24) is 4.98 Å². The Hall–Kier alpha value is -4.95. The van der Waals surface area contributed by atoms with Gasteiger partial charge in [0.05, 0.1) is 21.8 Å². The first-order chi connectivity index (χ1) is 20.4. The highest BCUT2D eigenvalue weighted by Gasteiger charge is 2.48. The summed E-state index contributed by atoms with van der Waals surface area (Å²) in [6.07, 6.45) is 0.719. The van der Waals surface area contributed by atoms with E-state index in [4.69, 9.17) is 14.5 Å². The summed E-state index contributed by atoms with van der Waals surface area (Å²) in [7, 11) is 0. The van der Waals surface area contributed by atoms with Crippen LogP contribution in [0.15, 0.2) is 96.6 Å². The molecule has 7 rings (SSSR count). The van der Waals surface area contributed by atoms with Gasteiger partial charge in [0.15, 0.2) is 5.13 Å². The molecule has 42 heavy (non-hydrogen) atoms. The van der Waals surface area contributed by atoms with Crippen LogP contribution in [-0.2, 0) is 16.0 Å². The number of carbonyl (C=O) groups excluding carboxylic acids is 2. The maximum atomic E-state index is 13.7. The number of aryl methyl sites for hydroxylation is 1. The molecule has 2 aliphatic rings. The topological polar surface area (TPSA) is 89.0 Å². The molecule has 0 unspecified atom stereocenters. The Balaban J connectivity index is 1.38. The summed E-state index contributed by atoms with van der Waals surface area (Å²) in [4.78, 5) is 33.6. The maximum absolute atomic E-state index is 13.7. The summed E-state index contributed by atoms with van der Waals surface area (Å²) < 4.78 is 12.8. The van der Waals surface area contributed by atoms with Gasteiger partial charge in [-0.1, -0.05) is 47.7 Å². The number of thiazole rings is 1. The average Bonchev–Trinajstić information content (AvgIpc) is 3.65. The number of fused-ring (bicyclic) bond motifs is 2. The van der Waals surface area contributed by atoms with Crippen LogP contribution in [0.1, 0.15) is 35.2 Å². The SMILES string of the molecule is Cc1ccc2nc(N3C(=O)C(=O)C(=C(O)c4ccc5c(c4)C[C@@H](C)O5)[C@H]3c3cccc(Oc4ccccc4)c3)sc2c1. The number of ether oxygens (including phenoxy) is 2. The van der Waals surface area contributed by atoms with Crippen LogP contribution in [0.25, 0.3) is 16.0 Å². The van der Waals surface area contributed by atoms with E-state index in [0.717, 1.165) is 27.1 Å². The standard InChI is InChI=1S/C34H26N2O5S/c1-19-11-13-26-28(15-19)42-34(35-26)36-30(21-7-6-10-25(18-21)41-24-8-4-3-5-9-24)29(32(38)33(36)39)31(37)22-12-14-27-23(17-22)16-20(2)40-27/h3-15,17-18,20,30,37H,16H2,1-2H3/t20-,30-/m1/s1. The highest BCUT2D eigenvalue weighted by atomic mass is 32.1. The summed E-state index contributed by atoms with van der Waals surface area (Å²) in [5, 5.41) is 12.1. The lowest BCUT2D eigenvalue weighted by Crippen LogP contribution is -2.29. The molecule has 0 aliphatic carbocycles. The number of rotatable bonds is 5. The molecule has 3 heterocycles. The molecule has 2 atom stereocenters. The van der Waals surface area contributed by atoms with Crippen molar-refractivity contribution in [3.8, 4) is 17.2 Å². The number of aliphatic hydroxyl groups is 1. The molecule has 1 saturated heterocycles. The third-order valence-electron chi connectivity index (χ3n) is 7.51. The second kappa shape index (κ2) is 10.2. The van der Waals surface area contributed by atoms with Crippen molar-refractivity contribution in [2.24, 2.45) is 0 Å². The Kier molecular flexibility index (Phi) is 6.28. The van der Waals surface area contributed by atoms with Gasteiger partial charge in [0.2, 0.25) is 0 Å². The number of nitrogens with zero attached hydrogens (tertiary/aromatic N) is 2. The molecule has 5 aromatic rings. The molecule has 8 heteroatoms. The minimum atomic E-state index is -0.922. The number of carbonyl (C=O) groups is 2. The first-order valence-corrected chi connectivity index (χ1v) is 14.5. The van der Waals surface area contributed by atoms with Gasteiger partial charge in [-0.15, -0.1) is 0 Å². The number of aromatic nitrogens is 1. The first kappa shape index (κ1) is 26.0. The van der Waals surface area contributed by atoms with E-state index in [-0.39, 0.29) is 17.4 Å². The molecule has 0 radical (unpaired) electrons. The zero-order valence-electron chi connectivity index (χ0n) is 22.9. The van der Waals surface area contributed by atoms with Crippen LogP contribution >= 0.6 is 11.3 Å². The summed E-state index contributed by atoms with van der Waals surface area (Å²) in [6, 6.07) is 26.9. The van der Waals surface area contributed by atoms with Crippen LogP contribution in [0.4, 0.5) is 5.13 Å². The molecule has 2 aliphatic heterocycles. The number of hydrogen-bond acceptors (Lipinski definition) is 7. The fraction of sp³-hybridized carbons (Fsp3) is 0.147. The van der Waals surface area contributed by atoms with Crippen LogP contribution in [-0.4, -0.2) is 27.9 Å². The largest absolute Gasteiger partial charge is 0.507 e. The fourth-order valence-corrected chi connectivity index (χ4v) is 6.66. The van der Waals surface area contributed by atoms with Gasteiger partial charge in [0.25, 0.3) is 5.78 Å². The lowest BCUT2D eigenvalue weighted by Gasteiger charge is -2.23. The first-order valence-electron chi connectivity index (χ1n) is 13.7. The number of amides is 1. The quantitative estimate of drug-likeness (QED) is 0.134. The molecular weight excluding hydrogens is 548 g/mol. The van der Waals surface area contributed by atoms with Crippen molar-refractivity contribution in [1.29, 1.82) is 0 Å². The smallest absolute Gasteiger partial charge is 0.301 e. The van der Waals surface area contributed by atoms with E-state index < -0.39 is 17.7 Å². The molecule has 0 spiro atoms. The molecular formula is C34H26N2O5S. The minimum Gasteiger partial charge on any atom is -0.507 e. The van der Waals surface area contributed by atoms with Gasteiger partial charge in [-0.2, -0.15) is 0 Å². The number of benzene rings is 4. The van der Waals surface area contributed by atoms with Gasteiger partial charge in [0.1, 0.15) is 29.1 Å². The maximum Gasteiger partial charge on any atom is 0.301 e. The van der Waals surface area contributed by atoms with Crippen LogP contribution in [0.2, 0.25) is 0 Å². The van der Waals surface area contributed by atoms with Crippen molar-refractivity contribution >= 4 is 44.1 Å². The Bertz CT molecular complexity index is 1910. The van der Waals surface area contributed by atoms with Gasteiger partial charge in [-0.05, 0) is 85.1 Å². The van der Waals surface area contributed by atoms with Crippen molar-refractivity contribution in [3.63, 3.8) is 0 Å². The average molecular weight is 575 g/mol. The van der Waals surface area contributed by atoms with Gasteiger partial charge in [0, 0.05) is 12.0 Å². The molecule has 7 nitrogen and oxygen atoms in total. The lowest BCUT2D eigenvalue weighted by molar-refractivity contribution is -0.132. The normalized spacial score (nSPS) is 19.2. The number of aliphatic hydroxyl groups excluding tert-OH is 1. The Morgan fingerprint density at radius 3 is 2.62 bits per heavy atom. The number of hydrogen-bond donors (Lipinski definition) is 1. The number of anilines is 1. The molecule has 0 bridgehead atoms. The monoisotopic (exact) mass is 574 g/mol. The molecule has 208 valence electrons. The van der Waals surface area contributed by atoms with E-state index in [1.54, 1.807) is 18.2 Å². The zero-order valence-corrected chi connectivity index (χ0v) is 23.7. The van der Waals surface area contributed by atoms with Crippen molar-refractivity contribution in [2.75, 3.05) is 4.90 Å². The second-order valence-corrected chi connectivity index (χ2v) is 11.6. The summed E-state index contributed by atoms with van der Waals surface area (Å²) >= 11 is 1.34. The Morgan fingerprint density at radius 1 is 0.976 bits per heavy atom. The molecule has 1 N–H and O–H groups in total. The second-order valence-electron chi connectivity index (χ2n) is 10.6. The van der Waals surface area contributed by atoms with Crippen molar-refractivity contribution < 1.29 is 24.2 Å². The molecule has 4 aromatic carbocycles. The molecule has 0 saturated carbocycles. The Labute approximate surface area is 246 Å². The van der Waals surface area contributed by atoms with Crippen LogP contribution in [0.3, 0.4) is 0 Å². The van der Waals surface area contributed by atoms with Crippen LogP contribution in [0.5, 0.6) is 17.2 Å². The third kappa shape index (κ3) is 4.50. The number of ketones is 1. The van der Waals surface area contributed by atoms with E-state index in [1.807, 2.05) is 86.6 Å². The molecule has 1 amide bonds. The summed E-state index contributed by atoms with van der Waals surface area (Å²) in [5.41, 5.74) is 3.80. The molecule has 1 fully saturated rings. The highest BCUT2D eigenvalue weighted by molar-refractivity contribution is 7.22. The summed E-state index contributed by atoms with van der Waals surface area (Å²) in [5.74, 6) is 0.186. The number of para-hydroxylation sites is 1. The van der Waals surface area contributed by atoms with E-state index in [2.05, 4.69) is 0 Å². The van der Waals surface area contributed by atoms with Crippen molar-refractivity contribution in [2.45, 2.75) is 32.4 Å². The van der Waals surface area contributed by atoms with Gasteiger partial charge < -0.3 is 14.6 Å². The Morgan fingerprint density at radius 2 is 1.79 bits per heavy atom. The van der Waals surface area contributed by atoms with E-state index in [9.17, 15) is 14.7 Å². The fourth-order valence-electron chi connectivity index (χ4n) is 5.57. The van der Waals surface area contributed by atoms with Gasteiger partial charge in [-0.3, -0.25) is 14.5 Å². The van der Waals surface area contributed by atoms with E-state index >= 15 is 0 Å². The predicted molar refractivity (Wildman–Crippen MR) is 162 cm³/mol. The lowest BCUT2D eigenvalue weighted by atomic mass is 9.94. The van der Waals surface area contributed by atoms with Crippen LogP contribution in [0, 0.1) is 6.92 Å². The van der Waals surface area contributed by atoms with Crippen molar-refractivity contribution in [3.05, 3.63) is 119 Å². The van der Waals surface area contributed by atoms with Gasteiger partial charge in [-0.25, -0.2) is 4.98 Å². The summed E-state index contributed by atoms with van der Waals surface area (Å²) in [6.45, 7) is 3.97. The van der Waals surface area contributed by atoms with E-state index in [1.165, 1.54) is 16.2 Å². The zero-order chi connectivity index (χ0) is 29.0. The third-order valence-corrected chi connectivity index (χ3v) is 8.52. The number of Topliss-reactive ketones (excluding diaryl/α,β-unsaturated/α-hetero) is 1. The predicted octanol–water partition coefficient (Wildman–Crippen LogP) is 7.35. The minimum absolute atomic E-state index is 0.000730. The van der Waals surface area contributed by atoms with Gasteiger partial charge >= 0.3 is 5.91 Å².